The van der Waals surface area contributed by atoms with Gasteiger partial charge in [0.1, 0.15) is 0 Å². The highest BCUT2D eigenvalue weighted by molar-refractivity contribution is 6.31. The Labute approximate surface area is 101 Å². The molecule has 1 aromatic rings. The zero-order chi connectivity index (χ0) is 12.1. The summed E-state index contributed by atoms with van der Waals surface area (Å²) < 4.78 is 0. The molecule has 0 saturated heterocycles. The Hall–Kier alpha value is -1.06. The van der Waals surface area contributed by atoms with Crippen LogP contribution in [-0.2, 0) is 4.79 Å². The summed E-state index contributed by atoms with van der Waals surface area (Å²) in [6.07, 6.45) is 1.18. The molecule has 3 nitrogen and oxygen atoms in total. The second-order valence-corrected chi connectivity index (χ2v) is 4.19. The number of hydrogen-bond acceptors (Lipinski definition) is 2. The molecule has 0 saturated carbocycles. The van der Waals surface area contributed by atoms with Crippen molar-refractivity contribution in [2.24, 2.45) is 5.73 Å². The van der Waals surface area contributed by atoms with Crippen LogP contribution in [0.2, 0.25) is 5.02 Å². The first kappa shape index (κ1) is 13.0. The Morgan fingerprint density at radius 1 is 1.50 bits per heavy atom. The van der Waals surface area contributed by atoms with Crippen molar-refractivity contribution < 1.29 is 4.79 Å². The van der Waals surface area contributed by atoms with Crippen LogP contribution in [0.5, 0.6) is 0 Å². The fourth-order valence-electron chi connectivity index (χ4n) is 1.36. The summed E-state index contributed by atoms with van der Waals surface area (Å²) in [5.74, 6) is 0.0605. The van der Waals surface area contributed by atoms with Crippen molar-refractivity contribution >= 4 is 23.2 Å². The van der Waals surface area contributed by atoms with Crippen LogP contribution < -0.4 is 10.6 Å². The van der Waals surface area contributed by atoms with Crippen LogP contribution in [0.3, 0.4) is 0 Å². The van der Waals surface area contributed by atoms with Gasteiger partial charge in [0.15, 0.2) is 0 Å². The number of nitrogens with two attached hydrogens (primary N) is 1. The monoisotopic (exact) mass is 240 g/mol. The van der Waals surface area contributed by atoms with Gasteiger partial charge in [-0.15, -0.1) is 0 Å². The first-order chi connectivity index (χ1) is 7.56. The summed E-state index contributed by atoms with van der Waals surface area (Å²) in [6.45, 7) is 2.47. The molecule has 0 spiro atoms. The third-order valence-corrected chi connectivity index (χ3v) is 2.92. The lowest BCUT2D eigenvalue weighted by atomic mass is 10.2. The van der Waals surface area contributed by atoms with Crippen LogP contribution in [0.4, 0.5) is 5.69 Å². The highest BCUT2D eigenvalue weighted by Gasteiger charge is 2.10. The fraction of sp³-hybridized carbons (Fsp3) is 0.417. The van der Waals surface area contributed by atoms with Gasteiger partial charge in [0.2, 0.25) is 5.91 Å². The molecular formula is C12H17ClN2O. The van der Waals surface area contributed by atoms with Gasteiger partial charge in [-0.25, -0.2) is 0 Å². The van der Waals surface area contributed by atoms with E-state index in [1.54, 1.807) is 18.0 Å². The molecule has 1 amide bonds. The van der Waals surface area contributed by atoms with Crippen LogP contribution in [0.15, 0.2) is 18.2 Å². The standard InChI is InChI=1S/C12H17ClN2O/c1-9-5-6-10(8-11(9)13)15(2)12(16)4-3-7-14/h5-6,8H,3-4,7,14H2,1-2H3. The topological polar surface area (TPSA) is 46.3 Å². The maximum absolute atomic E-state index is 11.7. The van der Waals surface area contributed by atoms with E-state index in [1.165, 1.54) is 0 Å². The van der Waals surface area contributed by atoms with Crippen molar-refractivity contribution in [1.29, 1.82) is 0 Å². The van der Waals surface area contributed by atoms with Gasteiger partial charge in [-0.1, -0.05) is 17.7 Å². The van der Waals surface area contributed by atoms with Gasteiger partial charge in [0, 0.05) is 24.2 Å². The summed E-state index contributed by atoms with van der Waals surface area (Å²) in [5, 5.41) is 0.677. The molecule has 0 radical (unpaired) electrons. The molecule has 88 valence electrons. The average Bonchev–Trinajstić information content (AvgIpc) is 2.28. The Morgan fingerprint density at radius 3 is 2.75 bits per heavy atom. The number of benzene rings is 1. The van der Waals surface area contributed by atoms with E-state index in [0.29, 0.717) is 24.4 Å². The molecule has 4 heteroatoms. The molecule has 1 rings (SSSR count). The van der Waals surface area contributed by atoms with Crippen LogP contribution in [0, 0.1) is 6.92 Å². The van der Waals surface area contributed by atoms with Crippen molar-refractivity contribution in [3.63, 3.8) is 0 Å². The van der Waals surface area contributed by atoms with Gasteiger partial charge in [-0.05, 0) is 37.6 Å². The SMILES string of the molecule is Cc1ccc(N(C)C(=O)CCCN)cc1Cl. The molecule has 0 bridgehead atoms. The average molecular weight is 241 g/mol. The summed E-state index contributed by atoms with van der Waals surface area (Å²) in [6, 6.07) is 5.60. The largest absolute Gasteiger partial charge is 0.330 e. The Morgan fingerprint density at radius 2 is 2.19 bits per heavy atom. The number of rotatable bonds is 4. The molecule has 0 aliphatic carbocycles. The van der Waals surface area contributed by atoms with Crippen molar-refractivity contribution in [2.45, 2.75) is 19.8 Å². The zero-order valence-corrected chi connectivity index (χ0v) is 10.4. The lowest BCUT2D eigenvalue weighted by molar-refractivity contribution is -0.118. The predicted molar refractivity (Wildman–Crippen MR) is 67.9 cm³/mol. The van der Waals surface area contributed by atoms with Gasteiger partial charge in [0.25, 0.3) is 0 Å². The van der Waals surface area contributed by atoms with Crippen molar-refractivity contribution in [1.82, 2.24) is 0 Å². The molecule has 0 unspecified atom stereocenters. The third kappa shape index (κ3) is 3.22. The van der Waals surface area contributed by atoms with E-state index in [9.17, 15) is 4.79 Å². The molecule has 0 fully saturated rings. The van der Waals surface area contributed by atoms with Gasteiger partial charge in [-0.3, -0.25) is 4.79 Å². The number of carbonyl (C=O) groups is 1. The van der Waals surface area contributed by atoms with Gasteiger partial charge in [-0.2, -0.15) is 0 Å². The number of halogens is 1. The summed E-state index contributed by atoms with van der Waals surface area (Å²) in [4.78, 5) is 13.3. The second-order valence-electron chi connectivity index (χ2n) is 3.78. The van der Waals surface area contributed by atoms with Crippen LogP contribution in [-0.4, -0.2) is 19.5 Å². The molecule has 0 aliphatic rings. The van der Waals surface area contributed by atoms with E-state index >= 15 is 0 Å². The number of aryl methyl sites for hydroxylation is 1. The Kier molecular flexibility index (Phi) is 4.77. The first-order valence-corrected chi connectivity index (χ1v) is 5.67. The van der Waals surface area contributed by atoms with Crippen LogP contribution >= 0.6 is 11.6 Å². The normalized spacial score (nSPS) is 10.2. The lowest BCUT2D eigenvalue weighted by Gasteiger charge is -2.17. The minimum atomic E-state index is 0.0605. The first-order valence-electron chi connectivity index (χ1n) is 5.29. The van der Waals surface area contributed by atoms with Crippen molar-refractivity contribution in [3.05, 3.63) is 28.8 Å². The van der Waals surface area contributed by atoms with Crippen molar-refractivity contribution in [3.8, 4) is 0 Å². The maximum Gasteiger partial charge on any atom is 0.226 e. The van der Waals surface area contributed by atoms with E-state index in [2.05, 4.69) is 0 Å². The smallest absolute Gasteiger partial charge is 0.226 e. The summed E-state index contributed by atoms with van der Waals surface area (Å²) in [5.41, 5.74) is 7.19. The van der Waals surface area contributed by atoms with Gasteiger partial charge in [0.05, 0.1) is 0 Å². The summed E-state index contributed by atoms with van der Waals surface area (Å²) >= 11 is 6.01. The molecule has 0 aromatic heterocycles. The second kappa shape index (κ2) is 5.87. The maximum atomic E-state index is 11.7. The van der Waals surface area contributed by atoms with E-state index in [1.807, 2.05) is 19.1 Å². The minimum absolute atomic E-state index is 0.0605. The Balaban J connectivity index is 2.75. The van der Waals surface area contributed by atoms with Gasteiger partial charge < -0.3 is 10.6 Å². The lowest BCUT2D eigenvalue weighted by Crippen LogP contribution is -2.26. The van der Waals surface area contributed by atoms with E-state index in [4.69, 9.17) is 17.3 Å². The highest BCUT2D eigenvalue weighted by Crippen LogP contribution is 2.22. The number of anilines is 1. The molecular weight excluding hydrogens is 224 g/mol. The molecule has 1 aromatic carbocycles. The van der Waals surface area contributed by atoms with E-state index in [-0.39, 0.29) is 5.91 Å². The fourth-order valence-corrected chi connectivity index (χ4v) is 1.53. The molecule has 2 N–H and O–H groups in total. The number of nitrogens with zero attached hydrogens (tertiary/aromatic N) is 1. The quantitative estimate of drug-likeness (QED) is 0.878. The van der Waals surface area contributed by atoms with Crippen molar-refractivity contribution in [2.75, 3.05) is 18.5 Å². The number of carbonyl (C=O) groups excluding carboxylic acids is 1. The molecule has 0 aliphatic heterocycles. The number of hydrogen-bond donors (Lipinski definition) is 1. The number of amides is 1. The predicted octanol–water partition coefficient (Wildman–Crippen LogP) is 2.35. The molecule has 16 heavy (non-hydrogen) atoms. The zero-order valence-electron chi connectivity index (χ0n) is 9.66. The Bertz CT molecular complexity index is 379. The summed E-state index contributed by atoms with van der Waals surface area (Å²) in [7, 11) is 1.75. The van der Waals surface area contributed by atoms with Gasteiger partial charge >= 0.3 is 0 Å². The van der Waals surface area contributed by atoms with E-state index in [0.717, 1.165) is 11.3 Å². The van der Waals surface area contributed by atoms with Crippen LogP contribution in [0.25, 0.3) is 0 Å². The highest BCUT2D eigenvalue weighted by atomic mass is 35.5. The molecule has 0 atom stereocenters. The third-order valence-electron chi connectivity index (χ3n) is 2.51. The minimum Gasteiger partial charge on any atom is -0.330 e. The van der Waals surface area contributed by atoms with Crippen LogP contribution in [0.1, 0.15) is 18.4 Å². The molecule has 0 heterocycles. The van der Waals surface area contributed by atoms with E-state index < -0.39 is 0 Å².